The molecule has 0 heterocycles. The van der Waals surface area contributed by atoms with Crippen molar-refractivity contribution in [2.24, 2.45) is 0 Å². The van der Waals surface area contributed by atoms with Gasteiger partial charge in [0, 0.05) is 11.1 Å². The minimum absolute atomic E-state index is 0.0638. The molecule has 25 heavy (non-hydrogen) atoms. The summed E-state index contributed by atoms with van der Waals surface area (Å²) in [4.78, 5) is 13.3. The third-order valence-corrected chi connectivity index (χ3v) is 4.52. The molecule has 0 spiro atoms. The van der Waals surface area contributed by atoms with Crippen molar-refractivity contribution < 1.29 is 4.79 Å². The van der Waals surface area contributed by atoms with Gasteiger partial charge in [-0.15, -0.1) is 0 Å². The van der Waals surface area contributed by atoms with Crippen LogP contribution in [-0.4, -0.2) is 5.78 Å². The van der Waals surface area contributed by atoms with Crippen LogP contribution in [0.4, 0.5) is 0 Å². The smallest absolute Gasteiger partial charge is 0.194 e. The van der Waals surface area contributed by atoms with Gasteiger partial charge in [0.25, 0.3) is 0 Å². The van der Waals surface area contributed by atoms with Crippen LogP contribution in [0.3, 0.4) is 0 Å². The standard InChI is InChI=1S/C24H18O/c1-17-8-7-12-20(16-17)22-15-14-18-9-5-6-13-21(18)23(22)24(25)19-10-3-2-4-11-19/h2-16H,1H3. The molecule has 0 N–H and O–H groups in total. The Morgan fingerprint density at radius 1 is 0.720 bits per heavy atom. The Morgan fingerprint density at radius 2 is 1.48 bits per heavy atom. The van der Waals surface area contributed by atoms with Crippen molar-refractivity contribution >= 4 is 16.6 Å². The number of carbonyl (C=O) groups excluding carboxylic acids is 1. The average molecular weight is 322 g/mol. The normalized spacial score (nSPS) is 10.8. The summed E-state index contributed by atoms with van der Waals surface area (Å²) >= 11 is 0. The summed E-state index contributed by atoms with van der Waals surface area (Å²) in [5, 5.41) is 2.08. The third-order valence-electron chi connectivity index (χ3n) is 4.52. The summed E-state index contributed by atoms with van der Waals surface area (Å²) in [5.41, 5.74) is 4.73. The van der Waals surface area contributed by atoms with Crippen LogP contribution in [0.25, 0.3) is 21.9 Å². The van der Waals surface area contributed by atoms with E-state index in [4.69, 9.17) is 0 Å². The zero-order valence-electron chi connectivity index (χ0n) is 14.1. The minimum Gasteiger partial charge on any atom is -0.289 e. The number of ketones is 1. The van der Waals surface area contributed by atoms with Crippen LogP contribution < -0.4 is 0 Å². The van der Waals surface area contributed by atoms with Gasteiger partial charge < -0.3 is 0 Å². The molecule has 0 amide bonds. The van der Waals surface area contributed by atoms with Gasteiger partial charge in [0.1, 0.15) is 0 Å². The Labute approximate surface area is 147 Å². The van der Waals surface area contributed by atoms with Gasteiger partial charge in [0.2, 0.25) is 0 Å². The number of fused-ring (bicyclic) bond motifs is 1. The maximum atomic E-state index is 13.3. The number of aryl methyl sites for hydroxylation is 1. The summed E-state index contributed by atoms with van der Waals surface area (Å²) in [5.74, 6) is 0.0638. The Hall–Kier alpha value is -3.19. The molecule has 0 saturated carbocycles. The lowest BCUT2D eigenvalue weighted by Gasteiger charge is -2.13. The van der Waals surface area contributed by atoms with Gasteiger partial charge in [-0.25, -0.2) is 0 Å². The predicted octanol–water partition coefficient (Wildman–Crippen LogP) is 6.05. The molecule has 0 atom stereocenters. The molecule has 1 heteroatoms. The fourth-order valence-corrected chi connectivity index (χ4v) is 3.30. The molecule has 0 radical (unpaired) electrons. The summed E-state index contributed by atoms with van der Waals surface area (Å²) < 4.78 is 0. The van der Waals surface area contributed by atoms with Crippen molar-refractivity contribution in [3.05, 3.63) is 108 Å². The van der Waals surface area contributed by atoms with Crippen molar-refractivity contribution in [3.8, 4) is 11.1 Å². The molecule has 1 nitrogen and oxygen atoms in total. The summed E-state index contributed by atoms with van der Waals surface area (Å²) in [6.07, 6.45) is 0. The Bertz CT molecular complexity index is 1060. The molecular formula is C24H18O. The maximum Gasteiger partial charge on any atom is 0.194 e. The first-order chi connectivity index (χ1) is 12.2. The molecule has 120 valence electrons. The molecule has 0 unspecified atom stereocenters. The SMILES string of the molecule is Cc1cccc(-c2ccc3ccccc3c2C(=O)c2ccccc2)c1. The number of carbonyl (C=O) groups is 1. The first kappa shape index (κ1) is 15.3. The van der Waals surface area contributed by atoms with Gasteiger partial charge in [-0.2, -0.15) is 0 Å². The van der Waals surface area contributed by atoms with E-state index in [0.29, 0.717) is 5.56 Å². The van der Waals surface area contributed by atoms with Gasteiger partial charge in [-0.3, -0.25) is 4.79 Å². The molecule has 0 aliphatic rings. The highest BCUT2D eigenvalue weighted by Crippen LogP contribution is 2.32. The highest BCUT2D eigenvalue weighted by atomic mass is 16.1. The topological polar surface area (TPSA) is 17.1 Å². The van der Waals surface area contributed by atoms with Gasteiger partial charge in [0.05, 0.1) is 0 Å². The number of rotatable bonds is 3. The van der Waals surface area contributed by atoms with Crippen LogP contribution in [0.15, 0.2) is 91.0 Å². The fraction of sp³-hybridized carbons (Fsp3) is 0.0417. The Kier molecular flexibility index (Phi) is 3.91. The highest BCUT2D eigenvalue weighted by molar-refractivity contribution is 6.20. The summed E-state index contributed by atoms with van der Waals surface area (Å²) in [6.45, 7) is 2.07. The molecule has 0 fully saturated rings. The van der Waals surface area contributed by atoms with Gasteiger partial charge in [0.15, 0.2) is 5.78 Å². The molecule has 0 saturated heterocycles. The van der Waals surface area contributed by atoms with E-state index >= 15 is 0 Å². The van der Waals surface area contributed by atoms with Crippen molar-refractivity contribution in [1.82, 2.24) is 0 Å². The van der Waals surface area contributed by atoms with E-state index in [1.165, 1.54) is 5.56 Å². The van der Waals surface area contributed by atoms with Gasteiger partial charge in [-0.1, -0.05) is 96.6 Å². The monoisotopic (exact) mass is 322 g/mol. The molecule has 0 aliphatic carbocycles. The highest BCUT2D eigenvalue weighted by Gasteiger charge is 2.18. The lowest BCUT2D eigenvalue weighted by atomic mass is 9.89. The van der Waals surface area contributed by atoms with Gasteiger partial charge >= 0.3 is 0 Å². The number of hydrogen-bond acceptors (Lipinski definition) is 1. The van der Waals surface area contributed by atoms with Crippen molar-refractivity contribution in [1.29, 1.82) is 0 Å². The summed E-state index contributed by atoms with van der Waals surface area (Å²) in [7, 11) is 0. The quantitative estimate of drug-likeness (QED) is 0.420. The number of benzene rings is 4. The Balaban J connectivity index is 2.02. The van der Waals surface area contributed by atoms with Crippen molar-refractivity contribution in [3.63, 3.8) is 0 Å². The van der Waals surface area contributed by atoms with Crippen molar-refractivity contribution in [2.45, 2.75) is 6.92 Å². The predicted molar refractivity (Wildman–Crippen MR) is 104 cm³/mol. The molecule has 4 rings (SSSR count). The van der Waals surface area contributed by atoms with Crippen LogP contribution in [0.5, 0.6) is 0 Å². The molecule has 0 aromatic heterocycles. The van der Waals surface area contributed by atoms with Crippen LogP contribution in [0.1, 0.15) is 21.5 Å². The zero-order chi connectivity index (χ0) is 17.2. The van der Waals surface area contributed by atoms with Crippen LogP contribution in [-0.2, 0) is 0 Å². The van der Waals surface area contributed by atoms with E-state index in [2.05, 4.69) is 43.3 Å². The number of hydrogen-bond donors (Lipinski definition) is 0. The van der Waals surface area contributed by atoms with Gasteiger partial charge in [-0.05, 0) is 28.8 Å². The first-order valence-corrected chi connectivity index (χ1v) is 8.42. The lowest BCUT2D eigenvalue weighted by molar-refractivity contribution is 0.104. The van der Waals surface area contributed by atoms with Crippen LogP contribution in [0.2, 0.25) is 0 Å². The molecule has 0 aliphatic heterocycles. The first-order valence-electron chi connectivity index (χ1n) is 8.42. The molecule has 4 aromatic rings. The van der Waals surface area contributed by atoms with Crippen molar-refractivity contribution in [2.75, 3.05) is 0 Å². The van der Waals surface area contributed by atoms with E-state index in [0.717, 1.165) is 27.5 Å². The third kappa shape index (κ3) is 2.85. The summed E-state index contributed by atoms with van der Waals surface area (Å²) in [6, 6.07) is 30.1. The second-order valence-electron chi connectivity index (χ2n) is 6.27. The second-order valence-corrected chi connectivity index (χ2v) is 6.27. The van der Waals surface area contributed by atoms with E-state index < -0.39 is 0 Å². The van der Waals surface area contributed by atoms with E-state index in [1.807, 2.05) is 54.6 Å². The average Bonchev–Trinajstić information content (AvgIpc) is 2.67. The zero-order valence-corrected chi connectivity index (χ0v) is 14.1. The Morgan fingerprint density at radius 3 is 2.28 bits per heavy atom. The van der Waals surface area contributed by atoms with E-state index in [9.17, 15) is 4.79 Å². The fourth-order valence-electron chi connectivity index (χ4n) is 3.30. The minimum atomic E-state index is 0.0638. The molecule has 4 aromatic carbocycles. The van der Waals surface area contributed by atoms with E-state index in [1.54, 1.807) is 0 Å². The largest absolute Gasteiger partial charge is 0.289 e. The second kappa shape index (κ2) is 6.37. The maximum absolute atomic E-state index is 13.3. The molecule has 0 bridgehead atoms. The van der Waals surface area contributed by atoms with Crippen LogP contribution >= 0.6 is 0 Å². The van der Waals surface area contributed by atoms with Crippen LogP contribution in [0, 0.1) is 6.92 Å². The molecular weight excluding hydrogens is 304 g/mol. The van der Waals surface area contributed by atoms with E-state index in [-0.39, 0.29) is 5.78 Å². The lowest BCUT2D eigenvalue weighted by Crippen LogP contribution is -2.04.